The highest BCUT2D eigenvalue weighted by molar-refractivity contribution is 5.71. The fraction of sp³-hybridized carbons (Fsp3) is 0.906. The van der Waals surface area contributed by atoms with Crippen LogP contribution in [0.2, 0.25) is 0 Å². The highest BCUT2D eigenvalue weighted by Crippen LogP contribution is 2.16. The fourth-order valence-electron chi connectivity index (χ4n) is 7.79. The van der Waals surface area contributed by atoms with E-state index in [-0.39, 0.29) is 31.1 Å². The minimum absolute atomic E-state index is 0.0665. The van der Waals surface area contributed by atoms with Gasteiger partial charge >= 0.3 is 17.9 Å². The Morgan fingerprint density at radius 1 is 0.322 bits per heavy atom. The molecule has 0 aromatic rings. The molecule has 0 spiro atoms. The number of rotatable bonds is 48. The van der Waals surface area contributed by atoms with Gasteiger partial charge in [0.05, 0.1) is 0 Å². The molecule has 0 amide bonds. The van der Waals surface area contributed by atoms with E-state index in [2.05, 4.69) is 32.9 Å². The van der Waals surface area contributed by atoms with Crippen molar-refractivity contribution in [2.24, 2.45) is 0 Å². The number of hydrogen-bond donors (Lipinski definition) is 0. The van der Waals surface area contributed by atoms with Crippen molar-refractivity contribution in [3.63, 3.8) is 0 Å². The zero-order valence-corrected chi connectivity index (χ0v) is 39.8. The molecule has 0 N–H and O–H groups in total. The summed E-state index contributed by atoms with van der Waals surface area (Å²) in [4.78, 5) is 37.9. The quantitative estimate of drug-likeness (QED) is 0.0263. The summed E-state index contributed by atoms with van der Waals surface area (Å²) in [6, 6.07) is 0. The molecule has 0 aliphatic heterocycles. The van der Waals surface area contributed by atoms with Crippen LogP contribution in [0, 0.1) is 0 Å². The van der Waals surface area contributed by atoms with E-state index in [4.69, 9.17) is 14.2 Å². The lowest BCUT2D eigenvalue weighted by molar-refractivity contribution is -0.167. The molecule has 0 rings (SSSR count). The predicted octanol–water partition coefficient (Wildman–Crippen LogP) is 17.0. The van der Waals surface area contributed by atoms with E-state index in [0.717, 1.165) is 57.8 Å². The Morgan fingerprint density at radius 2 is 0.559 bits per heavy atom. The van der Waals surface area contributed by atoms with E-state index in [1.807, 2.05) is 0 Å². The summed E-state index contributed by atoms with van der Waals surface area (Å²) in [5.41, 5.74) is 0. The van der Waals surface area contributed by atoms with Gasteiger partial charge in [0.15, 0.2) is 6.10 Å². The lowest BCUT2D eigenvalue weighted by Crippen LogP contribution is -2.30. The minimum atomic E-state index is -0.765. The van der Waals surface area contributed by atoms with Gasteiger partial charge in [0.1, 0.15) is 13.2 Å². The molecule has 348 valence electrons. The van der Waals surface area contributed by atoms with Crippen LogP contribution in [0.5, 0.6) is 0 Å². The molecule has 0 aromatic carbocycles. The van der Waals surface area contributed by atoms with Gasteiger partial charge in [-0.2, -0.15) is 0 Å². The highest BCUT2D eigenvalue weighted by atomic mass is 16.6. The van der Waals surface area contributed by atoms with Gasteiger partial charge in [-0.05, 0) is 44.9 Å². The first kappa shape index (κ1) is 57.1. The predicted molar refractivity (Wildman–Crippen MR) is 252 cm³/mol. The molecule has 6 nitrogen and oxygen atoms in total. The number of unbranched alkanes of at least 4 members (excludes halogenated alkanes) is 35. The SMILES string of the molecule is CCCCCCCC/C=C\CCCCCCCCCC(=O)O[C@@H](COC(=O)CCCCCCCCCCCCC)COC(=O)CCCCCCCCCCCCCCC. The molecule has 0 unspecified atom stereocenters. The Kier molecular flexibility index (Phi) is 47.3. The summed E-state index contributed by atoms with van der Waals surface area (Å²) in [6.07, 6.45) is 53.3. The maximum absolute atomic E-state index is 12.8. The monoisotopic (exact) mass is 833 g/mol. The summed E-state index contributed by atoms with van der Waals surface area (Å²) in [5.74, 6) is -0.855. The number of hydrogen-bond acceptors (Lipinski definition) is 6. The van der Waals surface area contributed by atoms with Gasteiger partial charge in [0.25, 0.3) is 0 Å². The van der Waals surface area contributed by atoms with E-state index < -0.39 is 6.10 Å². The van der Waals surface area contributed by atoms with Crippen molar-refractivity contribution in [3.8, 4) is 0 Å². The van der Waals surface area contributed by atoms with Crippen molar-refractivity contribution in [1.82, 2.24) is 0 Å². The Labute approximate surface area is 367 Å². The van der Waals surface area contributed by atoms with Crippen molar-refractivity contribution in [1.29, 1.82) is 0 Å². The first-order valence-corrected chi connectivity index (χ1v) is 26.2. The number of ether oxygens (including phenoxy) is 3. The normalized spacial score (nSPS) is 12.0. The minimum Gasteiger partial charge on any atom is -0.462 e. The van der Waals surface area contributed by atoms with Crippen LogP contribution in [0.4, 0.5) is 0 Å². The molecule has 0 aliphatic rings. The molecule has 0 saturated heterocycles. The van der Waals surface area contributed by atoms with Crippen molar-refractivity contribution in [2.45, 2.75) is 297 Å². The number of carbonyl (C=O) groups excluding carboxylic acids is 3. The summed E-state index contributed by atoms with van der Waals surface area (Å²) in [6.45, 7) is 6.66. The van der Waals surface area contributed by atoms with Crippen LogP contribution < -0.4 is 0 Å². The largest absolute Gasteiger partial charge is 0.462 e. The van der Waals surface area contributed by atoms with Crippen molar-refractivity contribution < 1.29 is 28.6 Å². The van der Waals surface area contributed by atoms with Gasteiger partial charge in [0.2, 0.25) is 0 Å². The van der Waals surface area contributed by atoms with Crippen LogP contribution in [-0.2, 0) is 28.6 Å². The smallest absolute Gasteiger partial charge is 0.306 e. The Hall–Kier alpha value is -1.85. The Balaban J connectivity index is 4.31. The van der Waals surface area contributed by atoms with Gasteiger partial charge in [-0.1, -0.05) is 238 Å². The molecule has 0 radical (unpaired) electrons. The van der Waals surface area contributed by atoms with Gasteiger partial charge < -0.3 is 14.2 Å². The van der Waals surface area contributed by atoms with Crippen LogP contribution in [-0.4, -0.2) is 37.2 Å². The summed E-state index contributed by atoms with van der Waals surface area (Å²) >= 11 is 0. The second-order valence-corrected chi connectivity index (χ2v) is 17.8. The van der Waals surface area contributed by atoms with Gasteiger partial charge in [-0.15, -0.1) is 0 Å². The second kappa shape index (κ2) is 48.8. The maximum atomic E-state index is 12.8. The molecular formula is C53H100O6. The molecule has 59 heavy (non-hydrogen) atoms. The fourth-order valence-corrected chi connectivity index (χ4v) is 7.79. The number of esters is 3. The third-order valence-corrected chi connectivity index (χ3v) is 11.8. The summed E-state index contributed by atoms with van der Waals surface area (Å²) < 4.78 is 16.8. The van der Waals surface area contributed by atoms with E-state index in [1.54, 1.807) is 0 Å². The molecule has 0 aliphatic carbocycles. The zero-order valence-electron chi connectivity index (χ0n) is 39.8. The molecule has 0 fully saturated rings. The van der Waals surface area contributed by atoms with E-state index in [9.17, 15) is 14.4 Å². The van der Waals surface area contributed by atoms with Crippen molar-refractivity contribution in [2.75, 3.05) is 13.2 Å². The Bertz CT molecular complexity index is 916. The van der Waals surface area contributed by atoms with Gasteiger partial charge in [-0.25, -0.2) is 0 Å². The molecule has 0 heterocycles. The first-order chi connectivity index (χ1) is 29.0. The third kappa shape index (κ3) is 47.1. The average molecular weight is 833 g/mol. The third-order valence-electron chi connectivity index (χ3n) is 11.8. The van der Waals surface area contributed by atoms with Gasteiger partial charge in [0, 0.05) is 19.3 Å². The number of allylic oxidation sites excluding steroid dienone is 2. The zero-order chi connectivity index (χ0) is 43.0. The topological polar surface area (TPSA) is 78.9 Å². The van der Waals surface area contributed by atoms with Gasteiger partial charge in [-0.3, -0.25) is 14.4 Å². The molecular weight excluding hydrogens is 733 g/mol. The van der Waals surface area contributed by atoms with Crippen molar-refractivity contribution in [3.05, 3.63) is 12.2 Å². The first-order valence-electron chi connectivity index (χ1n) is 26.2. The lowest BCUT2D eigenvalue weighted by Gasteiger charge is -2.18. The molecule has 1 atom stereocenters. The van der Waals surface area contributed by atoms with Crippen LogP contribution in [0.1, 0.15) is 290 Å². The average Bonchev–Trinajstić information content (AvgIpc) is 3.23. The molecule has 0 saturated carbocycles. The van der Waals surface area contributed by atoms with Crippen LogP contribution in [0.15, 0.2) is 12.2 Å². The van der Waals surface area contributed by atoms with Crippen LogP contribution in [0.3, 0.4) is 0 Å². The molecule has 0 aromatic heterocycles. The summed E-state index contributed by atoms with van der Waals surface area (Å²) in [7, 11) is 0. The van der Waals surface area contributed by atoms with E-state index in [1.165, 1.54) is 193 Å². The standard InChI is InChI=1S/C53H100O6/c1-4-7-10-13-16-19-22-24-25-26-27-29-32-35-38-41-44-47-53(56)59-50(48-57-51(54)45-42-39-36-33-30-21-18-15-12-9-6-3)49-58-52(55)46-43-40-37-34-31-28-23-20-17-14-11-8-5-2/h24-25,50H,4-23,26-49H2,1-3H3/b25-24-/t50-/m0/s1. The maximum Gasteiger partial charge on any atom is 0.306 e. The Morgan fingerprint density at radius 3 is 0.847 bits per heavy atom. The highest BCUT2D eigenvalue weighted by Gasteiger charge is 2.19. The number of carbonyl (C=O) groups is 3. The molecule has 6 heteroatoms. The lowest BCUT2D eigenvalue weighted by atomic mass is 10.0. The van der Waals surface area contributed by atoms with E-state index >= 15 is 0 Å². The van der Waals surface area contributed by atoms with Crippen LogP contribution >= 0.6 is 0 Å². The summed E-state index contributed by atoms with van der Waals surface area (Å²) in [5, 5.41) is 0. The van der Waals surface area contributed by atoms with E-state index in [0.29, 0.717) is 19.3 Å². The van der Waals surface area contributed by atoms with Crippen molar-refractivity contribution >= 4 is 17.9 Å². The van der Waals surface area contributed by atoms with Crippen LogP contribution in [0.25, 0.3) is 0 Å². The second-order valence-electron chi connectivity index (χ2n) is 17.8. The molecule has 0 bridgehead atoms.